The SMILES string of the molecule is CC(C)(C)OC(=O)N1CCCC1c1ncc(-c2ccc(COCc3ccc(-c4cnc(C5CCCN5C(=O)OC(C)(C)C)[nH]4)cc3)cc2)[nH]1. The highest BCUT2D eigenvalue weighted by atomic mass is 16.6. The summed E-state index contributed by atoms with van der Waals surface area (Å²) in [5.41, 5.74) is 4.93. The maximum atomic E-state index is 12.7. The fraction of sp³-hybridized carbons (Fsp3) is 0.474. The molecule has 2 unspecified atom stereocenters. The van der Waals surface area contributed by atoms with Crippen molar-refractivity contribution in [2.24, 2.45) is 0 Å². The van der Waals surface area contributed by atoms with E-state index >= 15 is 0 Å². The molecule has 2 aromatic carbocycles. The van der Waals surface area contributed by atoms with Gasteiger partial charge < -0.3 is 24.2 Å². The lowest BCUT2D eigenvalue weighted by atomic mass is 10.1. The summed E-state index contributed by atoms with van der Waals surface area (Å²) in [6.45, 7) is 13.6. The Morgan fingerprint density at radius 3 is 1.43 bits per heavy atom. The topological polar surface area (TPSA) is 126 Å². The van der Waals surface area contributed by atoms with E-state index in [1.807, 2.05) is 53.9 Å². The third-order valence-corrected chi connectivity index (χ3v) is 8.65. The average Bonchev–Trinajstić information content (AvgIpc) is 3.86. The molecular weight excluding hydrogens is 620 g/mol. The molecule has 2 atom stereocenters. The number of hydrogen-bond donors (Lipinski definition) is 2. The molecular formula is C38H48N6O5. The van der Waals surface area contributed by atoms with Crippen molar-refractivity contribution < 1.29 is 23.8 Å². The first kappa shape index (κ1) is 34.2. The van der Waals surface area contributed by atoms with Crippen LogP contribution in [-0.2, 0) is 27.4 Å². The van der Waals surface area contributed by atoms with Crippen molar-refractivity contribution >= 4 is 12.2 Å². The van der Waals surface area contributed by atoms with E-state index in [1.165, 1.54) is 0 Å². The van der Waals surface area contributed by atoms with E-state index in [9.17, 15) is 9.59 Å². The summed E-state index contributed by atoms with van der Waals surface area (Å²) in [5, 5.41) is 0. The normalized spacial score (nSPS) is 18.2. The number of H-pyrrole nitrogens is 2. The van der Waals surface area contributed by atoms with Crippen LogP contribution in [-0.4, -0.2) is 66.2 Å². The van der Waals surface area contributed by atoms with Gasteiger partial charge in [-0.3, -0.25) is 9.80 Å². The number of likely N-dealkylation sites (tertiary alicyclic amines) is 2. The Morgan fingerprint density at radius 2 is 1.06 bits per heavy atom. The zero-order valence-electron chi connectivity index (χ0n) is 29.4. The molecule has 0 radical (unpaired) electrons. The molecule has 0 saturated carbocycles. The largest absolute Gasteiger partial charge is 0.444 e. The van der Waals surface area contributed by atoms with Gasteiger partial charge in [0.15, 0.2) is 0 Å². The van der Waals surface area contributed by atoms with Crippen molar-refractivity contribution in [2.45, 2.75) is 104 Å². The fourth-order valence-corrected chi connectivity index (χ4v) is 6.33. The molecule has 2 aliphatic heterocycles. The maximum absolute atomic E-state index is 12.7. The molecule has 260 valence electrons. The molecule has 2 saturated heterocycles. The molecule has 11 nitrogen and oxygen atoms in total. The van der Waals surface area contributed by atoms with E-state index in [-0.39, 0.29) is 24.3 Å². The predicted molar refractivity (Wildman–Crippen MR) is 186 cm³/mol. The summed E-state index contributed by atoms with van der Waals surface area (Å²) in [6, 6.07) is 16.2. The lowest BCUT2D eigenvalue weighted by molar-refractivity contribution is 0.0208. The molecule has 11 heteroatoms. The first-order chi connectivity index (χ1) is 23.3. The quantitative estimate of drug-likeness (QED) is 0.193. The number of nitrogens with one attached hydrogen (secondary N) is 2. The van der Waals surface area contributed by atoms with E-state index in [4.69, 9.17) is 14.2 Å². The summed E-state index contributed by atoms with van der Waals surface area (Å²) in [7, 11) is 0. The second kappa shape index (κ2) is 14.1. The van der Waals surface area contributed by atoms with Crippen LogP contribution in [0.2, 0.25) is 0 Å². The standard InChI is InChI=1S/C38H48N6O5/c1-37(2,3)48-35(45)43-19-7-9-31(43)33-39-21-29(41-33)27-15-11-25(12-16-27)23-47-24-26-13-17-28(18-14-26)30-22-40-34(42-30)32-10-8-20-44(32)36(46)49-38(4,5)6/h11-18,21-22,31-32H,7-10,19-20,23-24H2,1-6H3,(H,39,41)(H,40,42). The van der Waals surface area contributed by atoms with Gasteiger partial charge in [-0.15, -0.1) is 0 Å². The van der Waals surface area contributed by atoms with Gasteiger partial charge in [0.25, 0.3) is 0 Å². The number of carbonyl (C=O) groups excluding carboxylic acids is 2. The molecule has 4 aromatic rings. The third kappa shape index (κ3) is 8.51. The minimum absolute atomic E-state index is 0.115. The van der Waals surface area contributed by atoms with Crippen LogP contribution in [0.25, 0.3) is 22.5 Å². The first-order valence-corrected chi connectivity index (χ1v) is 17.2. The van der Waals surface area contributed by atoms with E-state index in [0.717, 1.165) is 71.0 Å². The van der Waals surface area contributed by atoms with Crippen molar-refractivity contribution in [2.75, 3.05) is 13.1 Å². The fourth-order valence-electron chi connectivity index (χ4n) is 6.33. The zero-order valence-corrected chi connectivity index (χ0v) is 29.4. The number of imidazole rings is 2. The zero-order chi connectivity index (χ0) is 34.8. The van der Waals surface area contributed by atoms with Crippen LogP contribution in [0.1, 0.15) is 102 Å². The maximum Gasteiger partial charge on any atom is 0.410 e. The Labute approximate surface area is 288 Å². The minimum atomic E-state index is -0.536. The van der Waals surface area contributed by atoms with Crippen LogP contribution >= 0.6 is 0 Å². The van der Waals surface area contributed by atoms with E-state index in [2.05, 4.69) is 68.5 Å². The molecule has 4 heterocycles. The molecule has 49 heavy (non-hydrogen) atoms. The van der Waals surface area contributed by atoms with Gasteiger partial charge in [-0.05, 0) is 89.5 Å². The lowest BCUT2D eigenvalue weighted by Gasteiger charge is -2.27. The second-order valence-electron chi connectivity index (χ2n) is 14.9. The van der Waals surface area contributed by atoms with Gasteiger partial charge in [-0.25, -0.2) is 19.6 Å². The molecule has 2 N–H and O–H groups in total. The molecule has 6 rings (SSSR count). The number of nitrogens with zero attached hydrogens (tertiary/aromatic N) is 4. The number of aromatic nitrogens is 4. The highest BCUT2D eigenvalue weighted by Crippen LogP contribution is 2.34. The minimum Gasteiger partial charge on any atom is -0.444 e. The number of benzene rings is 2. The number of amides is 2. The van der Waals surface area contributed by atoms with Gasteiger partial charge in [-0.2, -0.15) is 0 Å². The lowest BCUT2D eigenvalue weighted by Crippen LogP contribution is -2.36. The summed E-state index contributed by atoms with van der Waals surface area (Å²) >= 11 is 0. The molecule has 0 spiro atoms. The van der Waals surface area contributed by atoms with Crippen molar-refractivity contribution in [1.29, 1.82) is 0 Å². The predicted octanol–water partition coefficient (Wildman–Crippen LogP) is 8.33. The van der Waals surface area contributed by atoms with Crippen LogP contribution in [0.5, 0.6) is 0 Å². The van der Waals surface area contributed by atoms with E-state index in [1.54, 1.807) is 9.80 Å². The van der Waals surface area contributed by atoms with E-state index in [0.29, 0.717) is 26.3 Å². The van der Waals surface area contributed by atoms with Gasteiger partial charge in [0.1, 0.15) is 22.9 Å². The van der Waals surface area contributed by atoms with Crippen LogP contribution in [0.3, 0.4) is 0 Å². The van der Waals surface area contributed by atoms with Crippen molar-refractivity contribution in [1.82, 2.24) is 29.7 Å². The van der Waals surface area contributed by atoms with Crippen molar-refractivity contribution in [3.63, 3.8) is 0 Å². The summed E-state index contributed by atoms with van der Waals surface area (Å²) in [4.78, 5) is 45.1. The monoisotopic (exact) mass is 668 g/mol. The highest BCUT2D eigenvalue weighted by molar-refractivity contribution is 5.70. The second-order valence-corrected chi connectivity index (χ2v) is 14.9. The molecule has 2 amide bonds. The third-order valence-electron chi connectivity index (χ3n) is 8.65. The van der Waals surface area contributed by atoms with Gasteiger partial charge in [-0.1, -0.05) is 48.5 Å². The number of hydrogen-bond acceptors (Lipinski definition) is 7. The first-order valence-electron chi connectivity index (χ1n) is 17.2. The summed E-state index contributed by atoms with van der Waals surface area (Å²) in [5.74, 6) is 1.56. The molecule has 0 bridgehead atoms. The van der Waals surface area contributed by atoms with E-state index < -0.39 is 11.2 Å². The van der Waals surface area contributed by atoms with Crippen molar-refractivity contribution in [3.8, 4) is 22.5 Å². The van der Waals surface area contributed by atoms with Crippen LogP contribution in [0.15, 0.2) is 60.9 Å². The van der Waals surface area contributed by atoms with Gasteiger partial charge in [0.2, 0.25) is 0 Å². The van der Waals surface area contributed by atoms with Crippen LogP contribution < -0.4 is 0 Å². The smallest absolute Gasteiger partial charge is 0.410 e. The highest BCUT2D eigenvalue weighted by Gasteiger charge is 2.36. The van der Waals surface area contributed by atoms with Gasteiger partial charge in [0.05, 0.1) is 49.1 Å². The Hall–Kier alpha value is -4.64. The van der Waals surface area contributed by atoms with Gasteiger partial charge >= 0.3 is 12.2 Å². The number of carbonyl (C=O) groups is 2. The Balaban J connectivity index is 0.995. The Morgan fingerprint density at radius 1 is 0.673 bits per heavy atom. The number of ether oxygens (including phenoxy) is 3. The number of rotatable bonds is 8. The molecule has 2 aromatic heterocycles. The Kier molecular flexibility index (Phi) is 9.83. The average molecular weight is 669 g/mol. The Bertz CT molecular complexity index is 1600. The van der Waals surface area contributed by atoms with Crippen LogP contribution in [0.4, 0.5) is 9.59 Å². The van der Waals surface area contributed by atoms with Crippen molar-refractivity contribution in [3.05, 3.63) is 83.7 Å². The molecule has 2 aliphatic rings. The summed E-state index contributed by atoms with van der Waals surface area (Å²) in [6.07, 6.45) is 6.60. The summed E-state index contributed by atoms with van der Waals surface area (Å²) < 4.78 is 17.3. The molecule has 2 fully saturated rings. The number of aromatic amines is 2. The van der Waals surface area contributed by atoms with Crippen LogP contribution in [0, 0.1) is 0 Å². The van der Waals surface area contributed by atoms with Gasteiger partial charge in [0, 0.05) is 13.1 Å². The molecule has 0 aliphatic carbocycles.